The molecule has 0 saturated carbocycles. The van der Waals surface area contributed by atoms with Crippen LogP contribution in [0, 0.1) is 13.8 Å². The topological polar surface area (TPSA) is 58.5 Å². The molecule has 1 unspecified atom stereocenters. The van der Waals surface area contributed by atoms with E-state index in [0.717, 1.165) is 18.1 Å². The summed E-state index contributed by atoms with van der Waals surface area (Å²) in [4.78, 5) is 10.7. The number of hydrogen-bond acceptors (Lipinski definition) is 5. The molecule has 1 aromatic heterocycles. The van der Waals surface area contributed by atoms with Gasteiger partial charge in [-0.3, -0.25) is 0 Å². The van der Waals surface area contributed by atoms with Gasteiger partial charge in [0.2, 0.25) is 0 Å². The number of benzene rings is 1. The Morgan fingerprint density at radius 2 is 2.09 bits per heavy atom. The number of morpholine rings is 1. The highest BCUT2D eigenvalue weighted by atomic mass is 16.5. The summed E-state index contributed by atoms with van der Waals surface area (Å²) in [5.74, 6) is 0.892. The summed E-state index contributed by atoms with van der Waals surface area (Å²) in [6, 6.07) is 10.2. The van der Waals surface area contributed by atoms with Crippen molar-refractivity contribution in [3.63, 3.8) is 0 Å². The molecule has 1 atom stereocenters. The van der Waals surface area contributed by atoms with Gasteiger partial charge in [-0.2, -0.15) is 0 Å². The van der Waals surface area contributed by atoms with Gasteiger partial charge < -0.3 is 14.7 Å². The predicted molar refractivity (Wildman–Crippen MR) is 89.6 cm³/mol. The van der Waals surface area contributed by atoms with E-state index in [4.69, 9.17) is 4.74 Å². The van der Waals surface area contributed by atoms with E-state index in [1.54, 1.807) is 6.33 Å². The number of ether oxygens (including phenoxy) is 1. The van der Waals surface area contributed by atoms with E-state index in [1.807, 2.05) is 25.1 Å². The molecule has 1 saturated heterocycles. The molecule has 122 valence electrons. The van der Waals surface area contributed by atoms with E-state index in [9.17, 15) is 5.11 Å². The first kappa shape index (κ1) is 15.9. The highest BCUT2D eigenvalue weighted by Crippen LogP contribution is 2.27. The van der Waals surface area contributed by atoms with Crippen LogP contribution in [0.5, 0.6) is 0 Å². The number of aliphatic hydroxyl groups is 1. The summed E-state index contributed by atoms with van der Waals surface area (Å²) < 4.78 is 6.02. The van der Waals surface area contributed by atoms with E-state index in [1.165, 1.54) is 11.1 Å². The second-order valence-electron chi connectivity index (χ2n) is 6.23. The molecule has 1 aliphatic rings. The molecular weight excluding hydrogens is 290 g/mol. The normalized spacial score (nSPS) is 21.4. The highest BCUT2D eigenvalue weighted by molar-refractivity contribution is 5.40. The van der Waals surface area contributed by atoms with E-state index in [2.05, 4.69) is 33.9 Å². The van der Waals surface area contributed by atoms with Gasteiger partial charge in [-0.05, 0) is 25.0 Å². The van der Waals surface area contributed by atoms with Gasteiger partial charge in [-0.1, -0.05) is 24.3 Å². The molecule has 5 nitrogen and oxygen atoms in total. The van der Waals surface area contributed by atoms with Crippen LogP contribution in [0.1, 0.15) is 16.8 Å². The second kappa shape index (κ2) is 6.64. The molecule has 0 amide bonds. The molecule has 3 rings (SSSR count). The van der Waals surface area contributed by atoms with Crippen molar-refractivity contribution in [1.29, 1.82) is 0 Å². The van der Waals surface area contributed by atoms with Crippen LogP contribution >= 0.6 is 0 Å². The van der Waals surface area contributed by atoms with Gasteiger partial charge in [-0.25, -0.2) is 9.97 Å². The van der Waals surface area contributed by atoms with Crippen LogP contribution in [0.2, 0.25) is 0 Å². The van der Waals surface area contributed by atoms with Crippen LogP contribution in [-0.2, 0) is 11.2 Å². The minimum atomic E-state index is -0.594. The lowest BCUT2D eigenvalue weighted by atomic mass is 9.91. The van der Waals surface area contributed by atoms with Crippen LogP contribution in [0.4, 0.5) is 5.82 Å². The number of aryl methyl sites for hydroxylation is 2. The molecule has 1 fully saturated rings. The first-order chi connectivity index (χ1) is 11.1. The van der Waals surface area contributed by atoms with Crippen molar-refractivity contribution in [2.24, 2.45) is 0 Å². The van der Waals surface area contributed by atoms with E-state index in [0.29, 0.717) is 19.6 Å². The third-order valence-corrected chi connectivity index (χ3v) is 4.42. The summed E-state index contributed by atoms with van der Waals surface area (Å²) in [6.45, 7) is 6.00. The zero-order valence-electron chi connectivity index (χ0n) is 13.7. The van der Waals surface area contributed by atoms with Gasteiger partial charge >= 0.3 is 0 Å². The molecule has 0 aliphatic carbocycles. The number of rotatable bonds is 4. The molecule has 0 bridgehead atoms. The van der Waals surface area contributed by atoms with Crippen LogP contribution in [0.15, 0.2) is 36.7 Å². The summed E-state index contributed by atoms with van der Waals surface area (Å²) in [5.41, 5.74) is 2.78. The number of anilines is 1. The summed E-state index contributed by atoms with van der Waals surface area (Å²) in [6.07, 6.45) is 2.28. The molecule has 23 heavy (non-hydrogen) atoms. The minimum absolute atomic E-state index is 0.0120. The lowest BCUT2D eigenvalue weighted by Gasteiger charge is -2.42. The van der Waals surface area contributed by atoms with Crippen molar-refractivity contribution in [2.75, 3.05) is 31.2 Å². The molecule has 0 spiro atoms. The third kappa shape index (κ3) is 3.51. The van der Waals surface area contributed by atoms with Crippen molar-refractivity contribution in [1.82, 2.24) is 9.97 Å². The smallest absolute Gasteiger partial charge is 0.132 e. The van der Waals surface area contributed by atoms with Gasteiger partial charge in [0.25, 0.3) is 0 Å². The zero-order valence-corrected chi connectivity index (χ0v) is 13.7. The van der Waals surface area contributed by atoms with Gasteiger partial charge in [0, 0.05) is 24.7 Å². The lowest BCUT2D eigenvalue weighted by molar-refractivity contribution is -0.0870. The SMILES string of the molecule is Cc1cc(N2CCOC(CO)(Cc3ccccc3C)C2)ncn1. The molecule has 5 heteroatoms. The second-order valence-corrected chi connectivity index (χ2v) is 6.23. The van der Waals surface area contributed by atoms with Crippen molar-refractivity contribution < 1.29 is 9.84 Å². The molecule has 2 heterocycles. The van der Waals surface area contributed by atoms with Crippen molar-refractivity contribution in [3.05, 3.63) is 53.5 Å². The largest absolute Gasteiger partial charge is 0.393 e. The quantitative estimate of drug-likeness (QED) is 0.934. The number of nitrogens with zero attached hydrogens (tertiary/aromatic N) is 3. The maximum atomic E-state index is 10.0. The Bertz CT molecular complexity index is 677. The molecular formula is C18H23N3O2. The maximum Gasteiger partial charge on any atom is 0.132 e. The highest BCUT2D eigenvalue weighted by Gasteiger charge is 2.37. The molecule has 0 radical (unpaired) electrons. The van der Waals surface area contributed by atoms with Crippen molar-refractivity contribution in [2.45, 2.75) is 25.9 Å². The fourth-order valence-electron chi connectivity index (χ4n) is 3.07. The van der Waals surface area contributed by atoms with E-state index >= 15 is 0 Å². The summed E-state index contributed by atoms with van der Waals surface area (Å²) in [7, 11) is 0. The van der Waals surface area contributed by atoms with E-state index < -0.39 is 5.60 Å². The number of aliphatic hydroxyl groups excluding tert-OH is 1. The van der Waals surface area contributed by atoms with Gasteiger partial charge in [0.15, 0.2) is 0 Å². The average Bonchev–Trinajstić information content (AvgIpc) is 2.57. The Hall–Kier alpha value is -1.98. The zero-order chi connectivity index (χ0) is 16.3. The molecule has 1 aromatic carbocycles. The third-order valence-electron chi connectivity index (χ3n) is 4.42. The van der Waals surface area contributed by atoms with Crippen LogP contribution in [0.3, 0.4) is 0 Å². The first-order valence-electron chi connectivity index (χ1n) is 7.95. The Balaban J connectivity index is 1.83. The summed E-state index contributed by atoms with van der Waals surface area (Å²) in [5, 5.41) is 10.0. The van der Waals surface area contributed by atoms with Gasteiger partial charge in [-0.15, -0.1) is 0 Å². The van der Waals surface area contributed by atoms with Crippen LogP contribution < -0.4 is 4.90 Å². The number of hydrogen-bond donors (Lipinski definition) is 1. The fourth-order valence-corrected chi connectivity index (χ4v) is 3.07. The predicted octanol–water partition coefficient (Wildman–Crippen LogP) is 1.90. The monoisotopic (exact) mass is 313 g/mol. The Labute approximate surface area is 137 Å². The molecule has 1 aliphatic heterocycles. The van der Waals surface area contributed by atoms with Crippen LogP contribution in [0.25, 0.3) is 0 Å². The fraction of sp³-hybridized carbons (Fsp3) is 0.444. The van der Waals surface area contributed by atoms with E-state index in [-0.39, 0.29) is 6.61 Å². The van der Waals surface area contributed by atoms with Crippen molar-refractivity contribution >= 4 is 5.82 Å². The molecule has 2 aromatic rings. The lowest BCUT2D eigenvalue weighted by Crippen LogP contribution is -2.55. The maximum absolute atomic E-state index is 10.0. The summed E-state index contributed by atoms with van der Waals surface area (Å²) >= 11 is 0. The Morgan fingerprint density at radius 3 is 2.83 bits per heavy atom. The van der Waals surface area contributed by atoms with Crippen LogP contribution in [-0.4, -0.2) is 47.0 Å². The first-order valence-corrected chi connectivity index (χ1v) is 7.95. The number of aromatic nitrogens is 2. The van der Waals surface area contributed by atoms with Gasteiger partial charge in [0.1, 0.15) is 17.7 Å². The standard InChI is InChI=1S/C18H23N3O2/c1-14-5-3-4-6-16(14)10-18(12-22)11-21(7-8-23-18)17-9-15(2)19-13-20-17/h3-6,9,13,22H,7-8,10-12H2,1-2H3. The molecule has 1 N–H and O–H groups in total. The average molecular weight is 313 g/mol. The van der Waals surface area contributed by atoms with Crippen molar-refractivity contribution in [3.8, 4) is 0 Å². The minimum Gasteiger partial charge on any atom is -0.393 e. The Morgan fingerprint density at radius 1 is 1.26 bits per heavy atom. The Kier molecular flexibility index (Phi) is 4.59. The van der Waals surface area contributed by atoms with Gasteiger partial charge in [0.05, 0.1) is 19.8 Å².